The average Bonchev–Trinajstić information content (AvgIpc) is 2.53. The summed E-state index contributed by atoms with van der Waals surface area (Å²) >= 11 is 0. The van der Waals surface area contributed by atoms with Gasteiger partial charge in [0.2, 0.25) is 0 Å². The molecule has 4 heteroatoms. The molecule has 0 spiro atoms. The third kappa shape index (κ3) is 12.0. The van der Waals surface area contributed by atoms with Gasteiger partial charge in [0, 0.05) is 13.1 Å². The molecule has 0 rings (SSSR count). The molecule has 23 heavy (non-hydrogen) atoms. The number of esters is 1. The van der Waals surface area contributed by atoms with Crippen molar-refractivity contribution in [2.45, 2.75) is 79.1 Å². The summed E-state index contributed by atoms with van der Waals surface area (Å²) in [6, 6.07) is 0. The molecule has 0 radical (unpaired) electrons. The van der Waals surface area contributed by atoms with Crippen molar-refractivity contribution in [3.8, 4) is 0 Å². The molecule has 0 amide bonds. The van der Waals surface area contributed by atoms with E-state index in [2.05, 4.69) is 18.7 Å². The van der Waals surface area contributed by atoms with E-state index < -0.39 is 0 Å². The maximum atomic E-state index is 11.8. The summed E-state index contributed by atoms with van der Waals surface area (Å²) in [5, 5.41) is 0. The first-order valence-corrected chi connectivity index (χ1v) is 9.45. The van der Waals surface area contributed by atoms with Crippen LogP contribution in [0.2, 0.25) is 0 Å². The van der Waals surface area contributed by atoms with E-state index in [-0.39, 0.29) is 5.97 Å². The Kier molecular flexibility index (Phi) is 14.9. The van der Waals surface area contributed by atoms with Crippen LogP contribution in [0.1, 0.15) is 79.1 Å². The molecule has 0 aliphatic carbocycles. The van der Waals surface area contributed by atoms with Gasteiger partial charge in [-0.1, -0.05) is 52.4 Å². The van der Waals surface area contributed by atoms with Gasteiger partial charge in [0.1, 0.15) is 0 Å². The lowest BCUT2D eigenvalue weighted by molar-refractivity contribution is -0.137. The Hall–Kier alpha value is -1.19. The highest BCUT2D eigenvalue weighted by molar-refractivity contribution is 5.82. The highest BCUT2D eigenvalue weighted by Crippen LogP contribution is 2.13. The Morgan fingerprint density at radius 1 is 0.783 bits per heavy atom. The molecule has 0 aliphatic heterocycles. The van der Waals surface area contributed by atoms with Gasteiger partial charge in [-0.15, -0.1) is 0 Å². The van der Waals surface area contributed by atoms with Crippen molar-refractivity contribution in [3.63, 3.8) is 0 Å². The molecule has 0 bridgehead atoms. The summed E-state index contributed by atoms with van der Waals surface area (Å²) in [7, 11) is 0. The Morgan fingerprint density at radius 3 is 1.74 bits per heavy atom. The summed E-state index contributed by atoms with van der Waals surface area (Å²) in [5.74, 6) is 0.349. The van der Waals surface area contributed by atoms with Gasteiger partial charge in [0.25, 0.3) is 0 Å². The number of hydrogen-bond donors (Lipinski definition) is 0. The van der Waals surface area contributed by atoms with Crippen LogP contribution in [0.4, 0.5) is 0 Å². The van der Waals surface area contributed by atoms with Crippen LogP contribution in [0.15, 0.2) is 12.0 Å². The van der Waals surface area contributed by atoms with E-state index in [0.29, 0.717) is 19.1 Å². The maximum absolute atomic E-state index is 11.8. The van der Waals surface area contributed by atoms with Crippen LogP contribution in [0.5, 0.6) is 0 Å². The van der Waals surface area contributed by atoms with Crippen LogP contribution in [-0.2, 0) is 14.3 Å². The molecular formula is C19H37NO3. The fraction of sp³-hybridized carbons (Fsp3) is 0.842. The van der Waals surface area contributed by atoms with Gasteiger partial charge in [0.05, 0.1) is 19.3 Å². The first-order chi connectivity index (χ1) is 11.2. The van der Waals surface area contributed by atoms with Gasteiger partial charge in [0.15, 0.2) is 5.88 Å². The standard InChI is InChI=1S/C19H37NO3/c1-5-9-11-13-15-20(16-14-12-10-6-2)18(22-7-3)17-19(21)23-8-4/h17H,5-16H2,1-4H3. The number of carbonyl (C=O) groups is 1. The number of hydrogen-bond acceptors (Lipinski definition) is 4. The molecule has 0 atom stereocenters. The molecule has 0 saturated heterocycles. The van der Waals surface area contributed by atoms with Crippen LogP contribution < -0.4 is 0 Å². The second-order valence-corrected chi connectivity index (χ2v) is 5.78. The van der Waals surface area contributed by atoms with Crippen LogP contribution in [0.25, 0.3) is 0 Å². The monoisotopic (exact) mass is 327 g/mol. The topological polar surface area (TPSA) is 38.8 Å². The molecule has 4 nitrogen and oxygen atoms in total. The van der Waals surface area contributed by atoms with Crippen LogP contribution in [0.3, 0.4) is 0 Å². The fourth-order valence-electron chi connectivity index (χ4n) is 2.45. The summed E-state index contributed by atoms with van der Waals surface area (Å²) in [6.45, 7) is 11.0. The second-order valence-electron chi connectivity index (χ2n) is 5.78. The SMILES string of the molecule is CCCCCCN(CCCCCC)C(=CC(=O)OCC)OCC. The lowest BCUT2D eigenvalue weighted by Gasteiger charge is -2.27. The van der Waals surface area contributed by atoms with Gasteiger partial charge in [-0.05, 0) is 26.7 Å². The van der Waals surface area contributed by atoms with E-state index in [1.807, 2.05) is 13.8 Å². The Bertz CT molecular complexity index is 304. The number of rotatable bonds is 15. The zero-order chi connectivity index (χ0) is 17.3. The summed E-state index contributed by atoms with van der Waals surface area (Å²) in [4.78, 5) is 14.0. The summed E-state index contributed by atoms with van der Waals surface area (Å²) < 4.78 is 10.8. The third-order valence-corrected chi connectivity index (χ3v) is 3.69. The predicted octanol–water partition coefficient (Wildman–Crippen LogP) is 4.89. The molecule has 136 valence electrons. The van der Waals surface area contributed by atoms with Crippen LogP contribution in [-0.4, -0.2) is 37.2 Å². The summed E-state index contributed by atoms with van der Waals surface area (Å²) in [6.07, 6.45) is 11.2. The third-order valence-electron chi connectivity index (χ3n) is 3.69. The normalized spacial score (nSPS) is 11.4. The maximum Gasteiger partial charge on any atom is 0.336 e. The molecule has 0 aliphatic rings. The van der Waals surface area contributed by atoms with Crippen molar-refractivity contribution in [1.29, 1.82) is 0 Å². The lowest BCUT2D eigenvalue weighted by Crippen LogP contribution is -2.28. The van der Waals surface area contributed by atoms with E-state index in [1.165, 1.54) is 44.6 Å². The predicted molar refractivity (Wildman–Crippen MR) is 96.2 cm³/mol. The minimum atomic E-state index is -0.317. The minimum absolute atomic E-state index is 0.317. The zero-order valence-corrected chi connectivity index (χ0v) is 15.7. The number of carbonyl (C=O) groups excluding carboxylic acids is 1. The number of nitrogens with zero attached hydrogens (tertiary/aromatic N) is 1. The van der Waals surface area contributed by atoms with Gasteiger partial charge >= 0.3 is 5.97 Å². The molecule has 0 saturated carbocycles. The Balaban J connectivity index is 4.72. The molecule has 0 aromatic rings. The summed E-state index contributed by atoms with van der Waals surface area (Å²) in [5.41, 5.74) is 0. The quantitative estimate of drug-likeness (QED) is 0.186. The molecule has 0 aromatic carbocycles. The zero-order valence-electron chi connectivity index (χ0n) is 15.7. The van der Waals surface area contributed by atoms with E-state index in [9.17, 15) is 4.79 Å². The largest absolute Gasteiger partial charge is 0.479 e. The van der Waals surface area contributed by atoms with Crippen molar-refractivity contribution < 1.29 is 14.3 Å². The second kappa shape index (κ2) is 15.7. The van der Waals surface area contributed by atoms with E-state index >= 15 is 0 Å². The first-order valence-electron chi connectivity index (χ1n) is 9.45. The van der Waals surface area contributed by atoms with Crippen molar-refractivity contribution in [2.24, 2.45) is 0 Å². The van der Waals surface area contributed by atoms with E-state index in [0.717, 1.165) is 25.9 Å². The molecule has 0 N–H and O–H groups in total. The van der Waals surface area contributed by atoms with Gasteiger partial charge < -0.3 is 14.4 Å². The van der Waals surface area contributed by atoms with Crippen molar-refractivity contribution in [1.82, 2.24) is 4.90 Å². The fourth-order valence-corrected chi connectivity index (χ4v) is 2.45. The lowest BCUT2D eigenvalue weighted by atomic mass is 10.1. The molecule has 0 unspecified atom stereocenters. The smallest absolute Gasteiger partial charge is 0.336 e. The highest BCUT2D eigenvalue weighted by Gasteiger charge is 2.13. The van der Waals surface area contributed by atoms with Gasteiger partial charge in [-0.25, -0.2) is 4.79 Å². The molecule has 0 fully saturated rings. The number of unbranched alkanes of at least 4 members (excludes halogenated alkanes) is 6. The van der Waals surface area contributed by atoms with Crippen molar-refractivity contribution in [3.05, 3.63) is 12.0 Å². The minimum Gasteiger partial charge on any atom is -0.479 e. The Labute approximate surface area is 143 Å². The first kappa shape index (κ1) is 21.8. The van der Waals surface area contributed by atoms with E-state index in [4.69, 9.17) is 9.47 Å². The van der Waals surface area contributed by atoms with Crippen molar-refractivity contribution >= 4 is 5.97 Å². The van der Waals surface area contributed by atoms with Crippen molar-refractivity contribution in [2.75, 3.05) is 26.3 Å². The Morgan fingerprint density at radius 2 is 1.30 bits per heavy atom. The van der Waals surface area contributed by atoms with E-state index in [1.54, 1.807) is 0 Å². The molecule has 0 aromatic heterocycles. The van der Waals surface area contributed by atoms with Crippen LogP contribution >= 0.6 is 0 Å². The van der Waals surface area contributed by atoms with Gasteiger partial charge in [-0.2, -0.15) is 0 Å². The van der Waals surface area contributed by atoms with Crippen LogP contribution in [0, 0.1) is 0 Å². The molecular weight excluding hydrogens is 290 g/mol. The average molecular weight is 328 g/mol. The molecule has 0 heterocycles. The highest BCUT2D eigenvalue weighted by atomic mass is 16.5. The number of ether oxygens (including phenoxy) is 2. The van der Waals surface area contributed by atoms with Gasteiger partial charge in [-0.3, -0.25) is 0 Å².